The molecule has 0 aliphatic carbocycles. The van der Waals surface area contributed by atoms with Crippen molar-refractivity contribution in [2.75, 3.05) is 39.8 Å². The minimum atomic E-state index is 0. The lowest BCUT2D eigenvalue weighted by molar-refractivity contribution is 0.324. The van der Waals surface area contributed by atoms with Gasteiger partial charge in [-0.15, -0.1) is 24.0 Å². The summed E-state index contributed by atoms with van der Waals surface area (Å²) in [5, 5.41) is 7.63. The summed E-state index contributed by atoms with van der Waals surface area (Å²) < 4.78 is 0. The van der Waals surface area contributed by atoms with Crippen LogP contribution < -0.4 is 10.6 Å². The molecule has 0 radical (unpaired) electrons. The number of hydrogen-bond acceptors (Lipinski definition) is 2. The number of guanidine groups is 1. The highest BCUT2D eigenvalue weighted by Gasteiger charge is 2.21. The van der Waals surface area contributed by atoms with Crippen LogP contribution >= 0.6 is 35.6 Å². The summed E-state index contributed by atoms with van der Waals surface area (Å²) in [5.74, 6) is 1.62. The second-order valence-corrected chi connectivity index (χ2v) is 6.65. The summed E-state index contributed by atoms with van der Waals surface area (Å²) in [6, 6.07) is 8.01. The Morgan fingerprint density at radius 2 is 2.21 bits per heavy atom. The molecule has 1 saturated heterocycles. The molecule has 1 aliphatic rings. The molecule has 1 heterocycles. The fourth-order valence-corrected chi connectivity index (χ4v) is 3.29. The lowest BCUT2D eigenvalue weighted by Crippen LogP contribution is -2.41. The van der Waals surface area contributed by atoms with E-state index in [4.69, 9.17) is 11.6 Å². The van der Waals surface area contributed by atoms with Gasteiger partial charge in [-0.25, -0.2) is 0 Å². The van der Waals surface area contributed by atoms with Gasteiger partial charge in [0.1, 0.15) is 0 Å². The van der Waals surface area contributed by atoms with Crippen molar-refractivity contribution in [3.05, 3.63) is 34.9 Å². The van der Waals surface area contributed by atoms with Crippen LogP contribution in [0.2, 0.25) is 5.02 Å². The van der Waals surface area contributed by atoms with E-state index in [1.165, 1.54) is 38.0 Å². The van der Waals surface area contributed by atoms with Gasteiger partial charge >= 0.3 is 0 Å². The molecule has 0 saturated carbocycles. The Balaban J connectivity index is 0.00000288. The van der Waals surface area contributed by atoms with Gasteiger partial charge in [0.2, 0.25) is 0 Å². The highest BCUT2D eigenvalue weighted by molar-refractivity contribution is 14.0. The largest absolute Gasteiger partial charge is 0.356 e. The van der Waals surface area contributed by atoms with E-state index in [0.717, 1.165) is 36.4 Å². The van der Waals surface area contributed by atoms with Gasteiger partial charge in [-0.2, -0.15) is 0 Å². The standard InChI is InChI=1S/C18H29ClN4.HI/c1-3-10-23-11-8-16(14-23)13-22-18(20-2)21-9-7-15-5-4-6-17(19)12-15;/h4-6,12,16H,3,7-11,13-14H2,1-2H3,(H2,20,21,22);1H. The Morgan fingerprint density at radius 3 is 2.92 bits per heavy atom. The molecule has 0 aromatic heterocycles. The molecule has 1 atom stereocenters. The molecule has 6 heteroatoms. The topological polar surface area (TPSA) is 39.7 Å². The van der Waals surface area contributed by atoms with Crippen LogP contribution in [0.4, 0.5) is 0 Å². The number of nitrogens with zero attached hydrogens (tertiary/aromatic N) is 2. The molecule has 1 aromatic rings. The quantitative estimate of drug-likeness (QED) is 0.369. The molecule has 0 amide bonds. The van der Waals surface area contributed by atoms with Crippen LogP contribution in [0.15, 0.2) is 29.3 Å². The first kappa shape index (κ1) is 21.5. The Labute approximate surface area is 168 Å². The lowest BCUT2D eigenvalue weighted by Gasteiger charge is -2.17. The normalized spacial score (nSPS) is 18.3. The minimum absolute atomic E-state index is 0. The van der Waals surface area contributed by atoms with Crippen LogP contribution in [0.1, 0.15) is 25.3 Å². The Bertz CT molecular complexity index is 510. The third-order valence-electron chi connectivity index (χ3n) is 4.29. The molecule has 1 fully saturated rings. The summed E-state index contributed by atoms with van der Waals surface area (Å²) in [5.41, 5.74) is 1.24. The summed E-state index contributed by atoms with van der Waals surface area (Å²) in [7, 11) is 1.83. The SMILES string of the molecule is CCCN1CCC(CNC(=NC)NCCc2cccc(Cl)c2)C1.I. The van der Waals surface area contributed by atoms with Crippen molar-refractivity contribution in [3.63, 3.8) is 0 Å². The molecule has 1 aromatic carbocycles. The molecule has 2 N–H and O–H groups in total. The molecule has 4 nitrogen and oxygen atoms in total. The molecule has 0 bridgehead atoms. The van der Waals surface area contributed by atoms with Crippen molar-refractivity contribution in [1.82, 2.24) is 15.5 Å². The Kier molecular flexibility index (Phi) is 10.7. The number of aliphatic imine (C=N–C) groups is 1. The number of likely N-dealkylation sites (tertiary alicyclic amines) is 1. The van der Waals surface area contributed by atoms with Crippen LogP contribution in [0.25, 0.3) is 0 Å². The maximum Gasteiger partial charge on any atom is 0.190 e. The molecular weight excluding hydrogens is 435 g/mol. The van der Waals surface area contributed by atoms with Crippen LogP contribution in [0.3, 0.4) is 0 Å². The number of hydrogen-bond donors (Lipinski definition) is 2. The first-order valence-electron chi connectivity index (χ1n) is 8.62. The van der Waals surface area contributed by atoms with Crippen molar-refractivity contribution in [1.29, 1.82) is 0 Å². The Hall–Kier alpha value is -0.530. The summed E-state index contributed by atoms with van der Waals surface area (Å²) in [4.78, 5) is 6.87. The van der Waals surface area contributed by atoms with Gasteiger partial charge in [0.05, 0.1) is 0 Å². The zero-order valence-electron chi connectivity index (χ0n) is 14.7. The van der Waals surface area contributed by atoms with Gasteiger partial charge in [-0.3, -0.25) is 4.99 Å². The first-order chi connectivity index (χ1) is 11.2. The molecule has 2 rings (SSSR count). The van der Waals surface area contributed by atoms with Crippen LogP contribution in [0.5, 0.6) is 0 Å². The highest BCUT2D eigenvalue weighted by Crippen LogP contribution is 2.15. The van der Waals surface area contributed by atoms with Crippen LogP contribution in [-0.4, -0.2) is 50.6 Å². The number of nitrogens with one attached hydrogen (secondary N) is 2. The predicted octanol–water partition coefficient (Wildman–Crippen LogP) is 3.40. The number of rotatable bonds is 7. The molecule has 136 valence electrons. The van der Waals surface area contributed by atoms with E-state index < -0.39 is 0 Å². The fraction of sp³-hybridized carbons (Fsp3) is 0.611. The fourth-order valence-electron chi connectivity index (χ4n) is 3.08. The smallest absolute Gasteiger partial charge is 0.190 e. The molecule has 24 heavy (non-hydrogen) atoms. The van der Waals surface area contributed by atoms with Gasteiger partial charge in [0.15, 0.2) is 5.96 Å². The van der Waals surface area contributed by atoms with Gasteiger partial charge in [-0.05, 0) is 56.0 Å². The van der Waals surface area contributed by atoms with Gasteiger partial charge in [0, 0.05) is 31.7 Å². The Morgan fingerprint density at radius 1 is 1.38 bits per heavy atom. The van der Waals surface area contributed by atoms with Crippen molar-refractivity contribution in [2.45, 2.75) is 26.2 Å². The first-order valence-corrected chi connectivity index (χ1v) is 9.00. The average molecular weight is 465 g/mol. The monoisotopic (exact) mass is 464 g/mol. The summed E-state index contributed by atoms with van der Waals surface area (Å²) in [6.07, 6.45) is 3.47. The third-order valence-corrected chi connectivity index (χ3v) is 4.52. The zero-order valence-corrected chi connectivity index (χ0v) is 17.8. The lowest BCUT2D eigenvalue weighted by atomic mass is 10.1. The van der Waals surface area contributed by atoms with E-state index in [-0.39, 0.29) is 24.0 Å². The average Bonchev–Trinajstić information content (AvgIpc) is 2.99. The van der Waals surface area contributed by atoms with E-state index in [9.17, 15) is 0 Å². The van der Waals surface area contributed by atoms with Crippen LogP contribution in [-0.2, 0) is 6.42 Å². The maximum absolute atomic E-state index is 6.01. The summed E-state index contributed by atoms with van der Waals surface area (Å²) in [6.45, 7) is 7.77. The van der Waals surface area contributed by atoms with Crippen molar-refractivity contribution < 1.29 is 0 Å². The van der Waals surface area contributed by atoms with Crippen LogP contribution in [0, 0.1) is 5.92 Å². The van der Waals surface area contributed by atoms with E-state index in [1.807, 2.05) is 25.2 Å². The zero-order chi connectivity index (χ0) is 16.5. The second-order valence-electron chi connectivity index (χ2n) is 6.22. The molecule has 1 unspecified atom stereocenters. The van der Waals surface area contributed by atoms with E-state index >= 15 is 0 Å². The maximum atomic E-state index is 6.01. The van der Waals surface area contributed by atoms with E-state index in [0.29, 0.717) is 0 Å². The highest BCUT2D eigenvalue weighted by atomic mass is 127. The number of halogens is 2. The molecule has 1 aliphatic heterocycles. The minimum Gasteiger partial charge on any atom is -0.356 e. The number of benzene rings is 1. The van der Waals surface area contributed by atoms with Crippen molar-refractivity contribution in [2.24, 2.45) is 10.9 Å². The summed E-state index contributed by atoms with van der Waals surface area (Å²) >= 11 is 6.01. The van der Waals surface area contributed by atoms with E-state index in [1.54, 1.807) is 0 Å². The second kappa shape index (κ2) is 11.9. The van der Waals surface area contributed by atoms with Gasteiger partial charge < -0.3 is 15.5 Å². The third kappa shape index (κ3) is 7.57. The van der Waals surface area contributed by atoms with Gasteiger partial charge in [0.25, 0.3) is 0 Å². The van der Waals surface area contributed by atoms with Crippen molar-refractivity contribution >= 4 is 41.5 Å². The predicted molar refractivity (Wildman–Crippen MR) is 115 cm³/mol. The van der Waals surface area contributed by atoms with Crippen molar-refractivity contribution in [3.8, 4) is 0 Å². The molecular formula is C18H30ClIN4. The van der Waals surface area contributed by atoms with Gasteiger partial charge in [-0.1, -0.05) is 30.7 Å². The molecule has 0 spiro atoms. The van der Waals surface area contributed by atoms with E-state index in [2.05, 4.69) is 33.5 Å².